The molecule has 1 atom stereocenters. The molecule has 0 spiro atoms. The minimum absolute atomic E-state index is 0.0672. The van der Waals surface area contributed by atoms with Crippen molar-refractivity contribution >= 4 is 22.9 Å². The summed E-state index contributed by atoms with van der Waals surface area (Å²) in [6, 6.07) is 3.92. The highest BCUT2D eigenvalue weighted by Gasteiger charge is 2.37. The third-order valence-corrected chi connectivity index (χ3v) is 2.76. The zero-order chi connectivity index (χ0) is 11.2. The fourth-order valence-corrected chi connectivity index (χ4v) is 1.95. The van der Waals surface area contributed by atoms with Gasteiger partial charge in [-0.3, -0.25) is 14.8 Å². The van der Waals surface area contributed by atoms with E-state index in [4.69, 9.17) is 9.76 Å². The quantitative estimate of drug-likeness (QED) is 0.407. The van der Waals surface area contributed by atoms with Crippen molar-refractivity contribution in [1.82, 2.24) is 5.06 Å². The number of hydrogen-bond acceptors (Lipinski definition) is 4. The lowest BCUT2D eigenvalue weighted by atomic mass is 10.1. The number of amides is 2. The van der Waals surface area contributed by atoms with E-state index < -0.39 is 22.9 Å². The standard InChI is InChI=1S/C8H5NO5S/c10-7-4-2-1-3-5(15(13)14)6(4)8(11)9(7)12/h1-3,12H,(H,13,14). The number of hydroxylamine groups is 2. The Morgan fingerprint density at radius 1 is 1.20 bits per heavy atom. The molecule has 0 aromatic heterocycles. The second-order valence-corrected chi connectivity index (χ2v) is 3.79. The summed E-state index contributed by atoms with van der Waals surface area (Å²) in [4.78, 5) is 22.4. The minimum Gasteiger partial charge on any atom is -0.302 e. The second kappa shape index (κ2) is 3.23. The van der Waals surface area contributed by atoms with E-state index in [1.54, 1.807) is 0 Å². The maximum Gasteiger partial charge on any atom is 0.287 e. The SMILES string of the molecule is O=C1c2cccc(S(=O)O)c2C(=O)N1O. The second-order valence-electron chi connectivity index (χ2n) is 2.85. The van der Waals surface area contributed by atoms with Crippen LogP contribution in [0.25, 0.3) is 0 Å². The van der Waals surface area contributed by atoms with Gasteiger partial charge in [0.05, 0.1) is 16.0 Å². The van der Waals surface area contributed by atoms with Gasteiger partial charge >= 0.3 is 0 Å². The number of fused-ring (bicyclic) bond motifs is 1. The molecule has 0 radical (unpaired) electrons. The van der Waals surface area contributed by atoms with Crippen molar-refractivity contribution in [2.24, 2.45) is 0 Å². The van der Waals surface area contributed by atoms with E-state index >= 15 is 0 Å². The van der Waals surface area contributed by atoms with Crippen LogP contribution in [0.4, 0.5) is 0 Å². The first-order valence-corrected chi connectivity index (χ1v) is 4.96. The van der Waals surface area contributed by atoms with Crippen LogP contribution in [0.3, 0.4) is 0 Å². The van der Waals surface area contributed by atoms with Crippen LogP contribution in [0.1, 0.15) is 20.7 Å². The molecule has 6 nitrogen and oxygen atoms in total. The van der Waals surface area contributed by atoms with Gasteiger partial charge in [-0.05, 0) is 12.1 Å². The molecule has 15 heavy (non-hydrogen) atoms. The van der Waals surface area contributed by atoms with Crippen LogP contribution in [0, 0.1) is 0 Å². The molecule has 0 fully saturated rings. The first-order chi connectivity index (χ1) is 7.04. The Kier molecular flexibility index (Phi) is 2.14. The lowest BCUT2D eigenvalue weighted by molar-refractivity contribution is -0.0328. The van der Waals surface area contributed by atoms with Gasteiger partial charge in [0.25, 0.3) is 11.8 Å². The first-order valence-electron chi connectivity index (χ1n) is 3.85. The van der Waals surface area contributed by atoms with E-state index in [2.05, 4.69) is 0 Å². The molecule has 7 heteroatoms. The summed E-state index contributed by atoms with van der Waals surface area (Å²) in [6.07, 6.45) is 0. The van der Waals surface area contributed by atoms with Crippen LogP contribution in [-0.2, 0) is 11.1 Å². The molecule has 1 aromatic rings. The molecule has 1 heterocycles. The summed E-state index contributed by atoms with van der Waals surface area (Å²) in [5.41, 5.74) is -0.284. The number of imide groups is 1. The van der Waals surface area contributed by atoms with Crippen LogP contribution in [-0.4, -0.2) is 30.8 Å². The maximum atomic E-state index is 11.3. The number of hydrogen-bond donors (Lipinski definition) is 2. The van der Waals surface area contributed by atoms with Gasteiger partial charge in [-0.15, -0.1) is 5.06 Å². The van der Waals surface area contributed by atoms with Gasteiger partial charge in [-0.1, -0.05) is 6.07 Å². The molecule has 0 bridgehead atoms. The molecule has 78 valence electrons. The number of carbonyl (C=O) groups excluding carboxylic acids is 2. The van der Waals surface area contributed by atoms with Crippen LogP contribution in [0.2, 0.25) is 0 Å². The predicted octanol–water partition coefficient (Wildman–Crippen LogP) is 0.252. The van der Waals surface area contributed by atoms with E-state index in [0.717, 1.165) is 0 Å². The molecule has 2 N–H and O–H groups in total. The van der Waals surface area contributed by atoms with E-state index in [9.17, 15) is 13.8 Å². The highest BCUT2D eigenvalue weighted by atomic mass is 32.2. The fraction of sp³-hybridized carbons (Fsp3) is 0. The molecule has 0 aliphatic carbocycles. The molecule has 1 aromatic carbocycles. The Balaban J connectivity index is 2.74. The van der Waals surface area contributed by atoms with E-state index in [1.165, 1.54) is 18.2 Å². The van der Waals surface area contributed by atoms with Gasteiger partial charge in [0.2, 0.25) is 0 Å². The Morgan fingerprint density at radius 2 is 1.87 bits per heavy atom. The van der Waals surface area contributed by atoms with E-state index in [-0.39, 0.29) is 21.1 Å². The molecule has 2 amide bonds. The van der Waals surface area contributed by atoms with E-state index in [1.807, 2.05) is 0 Å². The molecule has 2 rings (SSSR count). The summed E-state index contributed by atoms with van der Waals surface area (Å²) >= 11 is -2.37. The number of benzene rings is 1. The molecule has 0 saturated carbocycles. The third-order valence-electron chi connectivity index (χ3n) is 2.04. The highest BCUT2D eigenvalue weighted by Crippen LogP contribution is 2.26. The van der Waals surface area contributed by atoms with Crippen molar-refractivity contribution < 1.29 is 23.6 Å². The van der Waals surface area contributed by atoms with Crippen molar-refractivity contribution in [3.63, 3.8) is 0 Å². The minimum atomic E-state index is -2.37. The predicted molar refractivity (Wildman–Crippen MR) is 47.8 cm³/mol. The summed E-state index contributed by atoms with van der Waals surface area (Å²) < 4.78 is 19.8. The Bertz CT molecular complexity index is 498. The highest BCUT2D eigenvalue weighted by molar-refractivity contribution is 7.79. The van der Waals surface area contributed by atoms with Crippen LogP contribution in [0.15, 0.2) is 23.1 Å². The van der Waals surface area contributed by atoms with Gasteiger partial charge in [-0.2, -0.15) is 0 Å². The zero-order valence-electron chi connectivity index (χ0n) is 7.21. The zero-order valence-corrected chi connectivity index (χ0v) is 8.02. The van der Waals surface area contributed by atoms with Gasteiger partial charge in [0, 0.05) is 0 Å². The van der Waals surface area contributed by atoms with Crippen LogP contribution >= 0.6 is 0 Å². The normalized spacial score (nSPS) is 16.8. The van der Waals surface area contributed by atoms with Crippen molar-refractivity contribution in [2.75, 3.05) is 0 Å². The molecular formula is C8H5NO5S. The van der Waals surface area contributed by atoms with Gasteiger partial charge in [-0.25, -0.2) is 4.21 Å². The number of carbonyl (C=O) groups is 2. The molecule has 1 unspecified atom stereocenters. The van der Waals surface area contributed by atoms with Crippen molar-refractivity contribution in [3.05, 3.63) is 29.3 Å². The average molecular weight is 227 g/mol. The smallest absolute Gasteiger partial charge is 0.287 e. The summed E-state index contributed by atoms with van der Waals surface area (Å²) in [5, 5.41) is 8.98. The van der Waals surface area contributed by atoms with Crippen molar-refractivity contribution in [1.29, 1.82) is 0 Å². The first kappa shape index (κ1) is 9.97. The van der Waals surface area contributed by atoms with Gasteiger partial charge in [0.15, 0.2) is 11.1 Å². The monoisotopic (exact) mass is 227 g/mol. The van der Waals surface area contributed by atoms with Crippen LogP contribution in [0.5, 0.6) is 0 Å². The summed E-state index contributed by atoms with van der Waals surface area (Å²) in [6.45, 7) is 0. The average Bonchev–Trinajstić information content (AvgIpc) is 2.44. The number of nitrogens with zero attached hydrogens (tertiary/aromatic N) is 1. The van der Waals surface area contributed by atoms with E-state index in [0.29, 0.717) is 0 Å². The van der Waals surface area contributed by atoms with Gasteiger partial charge in [0.1, 0.15) is 0 Å². The molecule has 1 aliphatic heterocycles. The fourth-order valence-electron chi connectivity index (χ4n) is 1.39. The summed E-state index contributed by atoms with van der Waals surface area (Å²) in [7, 11) is 0. The maximum absolute atomic E-state index is 11.3. The molecule has 1 aliphatic rings. The third kappa shape index (κ3) is 1.29. The summed E-state index contributed by atoms with van der Waals surface area (Å²) in [5.74, 6) is -1.87. The topological polar surface area (TPSA) is 94.9 Å². The largest absolute Gasteiger partial charge is 0.302 e. The Labute approximate surface area is 86.4 Å². The lowest BCUT2D eigenvalue weighted by Gasteiger charge is -2.01. The lowest BCUT2D eigenvalue weighted by Crippen LogP contribution is -2.25. The van der Waals surface area contributed by atoms with Crippen molar-refractivity contribution in [2.45, 2.75) is 4.90 Å². The molecular weight excluding hydrogens is 222 g/mol. The van der Waals surface area contributed by atoms with Gasteiger partial charge < -0.3 is 4.55 Å². The Morgan fingerprint density at radius 3 is 2.47 bits per heavy atom. The Hall–Kier alpha value is -1.57. The van der Waals surface area contributed by atoms with Crippen LogP contribution < -0.4 is 0 Å². The number of rotatable bonds is 1. The van der Waals surface area contributed by atoms with Crippen molar-refractivity contribution in [3.8, 4) is 0 Å². The molecule has 0 saturated heterocycles.